The first kappa shape index (κ1) is 21.1. The molecule has 0 spiro atoms. The van der Waals surface area contributed by atoms with Crippen molar-refractivity contribution in [2.75, 3.05) is 26.7 Å². The van der Waals surface area contributed by atoms with Gasteiger partial charge in [0.2, 0.25) is 0 Å². The fraction of sp³-hybridized carbons (Fsp3) is 0.333. The molecule has 30 heavy (non-hydrogen) atoms. The molecule has 2 nitrogen and oxygen atoms in total. The molecule has 0 bridgehead atoms. The Balaban J connectivity index is 1.68. The molecule has 0 aromatic heterocycles. The van der Waals surface area contributed by atoms with Gasteiger partial charge in [-0.25, -0.2) is 0 Å². The number of nitrogens with zero attached hydrogens (tertiary/aromatic N) is 2. The van der Waals surface area contributed by atoms with Crippen LogP contribution in [-0.2, 0) is 6.54 Å². The maximum absolute atomic E-state index is 6.15. The second-order valence-corrected chi connectivity index (χ2v) is 9.14. The molecule has 3 aromatic carbocycles. The Hall–Kier alpha value is -2.13. The molecule has 3 heteroatoms. The van der Waals surface area contributed by atoms with Crippen molar-refractivity contribution in [3.8, 4) is 11.1 Å². The third-order valence-electron chi connectivity index (χ3n) is 6.21. The fourth-order valence-corrected chi connectivity index (χ4v) is 4.66. The van der Waals surface area contributed by atoms with Crippen LogP contribution in [0, 0.1) is 0 Å². The summed E-state index contributed by atoms with van der Waals surface area (Å²) in [5.74, 6) is 0.500. The summed E-state index contributed by atoms with van der Waals surface area (Å²) in [4.78, 5) is 5.05. The van der Waals surface area contributed by atoms with Crippen molar-refractivity contribution in [3.05, 3.63) is 94.5 Å². The van der Waals surface area contributed by atoms with Gasteiger partial charge in [0.05, 0.1) is 0 Å². The summed E-state index contributed by atoms with van der Waals surface area (Å²) in [5, 5.41) is 0.796. The zero-order valence-electron chi connectivity index (χ0n) is 18.2. The van der Waals surface area contributed by atoms with Gasteiger partial charge in [-0.2, -0.15) is 0 Å². The first-order valence-corrected chi connectivity index (χ1v) is 11.3. The fourth-order valence-electron chi connectivity index (χ4n) is 4.53. The molecule has 1 saturated heterocycles. The van der Waals surface area contributed by atoms with E-state index in [-0.39, 0.29) is 0 Å². The molecule has 0 aliphatic carbocycles. The van der Waals surface area contributed by atoms with E-state index < -0.39 is 0 Å². The maximum Gasteiger partial charge on any atom is 0.0479 e. The molecule has 3 aromatic rings. The number of piperazine rings is 1. The highest BCUT2D eigenvalue weighted by Crippen LogP contribution is 2.34. The van der Waals surface area contributed by atoms with E-state index in [0.717, 1.165) is 31.2 Å². The molecule has 1 unspecified atom stereocenters. The summed E-state index contributed by atoms with van der Waals surface area (Å²) in [7, 11) is 2.22. The third kappa shape index (κ3) is 4.62. The molecule has 156 valence electrons. The molecular formula is C27H31ClN2. The lowest BCUT2D eigenvalue weighted by atomic mass is 9.90. The molecule has 0 N–H and O–H groups in total. The molecule has 0 amide bonds. The summed E-state index contributed by atoms with van der Waals surface area (Å²) in [5.41, 5.74) is 6.87. The number of hydrogen-bond acceptors (Lipinski definition) is 2. The van der Waals surface area contributed by atoms with Crippen LogP contribution in [0.3, 0.4) is 0 Å². The van der Waals surface area contributed by atoms with Crippen LogP contribution >= 0.6 is 11.6 Å². The van der Waals surface area contributed by atoms with Crippen LogP contribution in [0.25, 0.3) is 11.1 Å². The molecule has 0 radical (unpaired) electrons. The predicted molar refractivity (Wildman–Crippen MR) is 128 cm³/mol. The largest absolute Gasteiger partial charge is 0.303 e. The minimum absolute atomic E-state index is 0.370. The Morgan fingerprint density at radius 3 is 2.27 bits per heavy atom. The summed E-state index contributed by atoms with van der Waals surface area (Å²) < 4.78 is 0. The maximum atomic E-state index is 6.15. The van der Waals surface area contributed by atoms with Gasteiger partial charge in [0.1, 0.15) is 0 Å². The lowest BCUT2D eigenvalue weighted by Gasteiger charge is -2.40. The van der Waals surface area contributed by atoms with Gasteiger partial charge < -0.3 is 4.90 Å². The summed E-state index contributed by atoms with van der Waals surface area (Å²) >= 11 is 6.15. The van der Waals surface area contributed by atoms with Crippen molar-refractivity contribution in [1.82, 2.24) is 9.80 Å². The normalized spacial score (nSPS) is 18.1. The molecule has 4 rings (SSSR count). The molecule has 1 aliphatic rings. The van der Waals surface area contributed by atoms with E-state index in [9.17, 15) is 0 Å². The van der Waals surface area contributed by atoms with E-state index >= 15 is 0 Å². The zero-order valence-corrected chi connectivity index (χ0v) is 18.9. The minimum Gasteiger partial charge on any atom is -0.303 e. The van der Waals surface area contributed by atoms with Gasteiger partial charge in [0, 0.05) is 37.2 Å². The number of likely N-dealkylation sites (N-methyl/N-ethyl adjacent to an activating group) is 1. The van der Waals surface area contributed by atoms with E-state index in [4.69, 9.17) is 11.6 Å². The van der Waals surface area contributed by atoms with Crippen molar-refractivity contribution in [1.29, 1.82) is 0 Å². The number of benzene rings is 3. The average molecular weight is 419 g/mol. The number of hydrogen-bond donors (Lipinski definition) is 0. The zero-order chi connectivity index (χ0) is 21.1. The van der Waals surface area contributed by atoms with Crippen LogP contribution in [0.15, 0.2) is 72.8 Å². The minimum atomic E-state index is 0.370. The van der Waals surface area contributed by atoms with Crippen LogP contribution in [0.4, 0.5) is 0 Å². The molecule has 1 fully saturated rings. The lowest BCUT2D eigenvalue weighted by molar-refractivity contribution is 0.0835. The lowest BCUT2D eigenvalue weighted by Crippen LogP contribution is -2.46. The second kappa shape index (κ2) is 9.34. The van der Waals surface area contributed by atoms with Crippen LogP contribution < -0.4 is 0 Å². The first-order chi connectivity index (χ1) is 14.5. The van der Waals surface area contributed by atoms with E-state index in [1.54, 1.807) is 0 Å². The highest BCUT2D eigenvalue weighted by molar-refractivity contribution is 6.30. The Morgan fingerprint density at radius 2 is 1.53 bits per heavy atom. The smallest absolute Gasteiger partial charge is 0.0479 e. The Labute approximate surface area is 186 Å². The van der Waals surface area contributed by atoms with Crippen molar-refractivity contribution >= 4 is 11.6 Å². The standard InChI is InChI=1S/C27H31ClN2/c1-20(2)24-9-6-7-11-26(24)25-10-5-4-8-22(25)18-30-17-16-29(3)19-27(30)21-12-14-23(28)15-13-21/h4-15,20,27H,16-19H2,1-3H3. The van der Waals surface area contributed by atoms with E-state index in [1.807, 2.05) is 12.1 Å². The van der Waals surface area contributed by atoms with Crippen LogP contribution in [0.1, 0.15) is 42.5 Å². The van der Waals surface area contributed by atoms with Gasteiger partial charge in [0.25, 0.3) is 0 Å². The average Bonchev–Trinajstić information content (AvgIpc) is 2.76. The van der Waals surface area contributed by atoms with Gasteiger partial charge in [0.15, 0.2) is 0 Å². The van der Waals surface area contributed by atoms with E-state index in [0.29, 0.717) is 12.0 Å². The van der Waals surface area contributed by atoms with Gasteiger partial charge in [-0.3, -0.25) is 4.90 Å². The molecular weight excluding hydrogens is 388 g/mol. The Kier molecular flexibility index (Phi) is 6.58. The quantitative estimate of drug-likeness (QED) is 0.459. The molecule has 1 aliphatic heterocycles. The first-order valence-electron chi connectivity index (χ1n) is 10.9. The van der Waals surface area contributed by atoms with Crippen molar-refractivity contribution in [3.63, 3.8) is 0 Å². The highest BCUT2D eigenvalue weighted by atomic mass is 35.5. The van der Waals surface area contributed by atoms with Crippen molar-refractivity contribution in [2.24, 2.45) is 0 Å². The SMILES string of the molecule is CC(C)c1ccccc1-c1ccccc1CN1CCN(C)CC1c1ccc(Cl)cc1. The van der Waals surface area contributed by atoms with Crippen LogP contribution in [0.5, 0.6) is 0 Å². The predicted octanol–water partition coefficient (Wildman–Crippen LogP) is 6.62. The van der Waals surface area contributed by atoms with Crippen LogP contribution in [0.2, 0.25) is 5.02 Å². The van der Waals surface area contributed by atoms with Crippen LogP contribution in [-0.4, -0.2) is 36.5 Å². The molecule has 1 heterocycles. The number of rotatable bonds is 5. The molecule has 0 saturated carbocycles. The Morgan fingerprint density at radius 1 is 0.867 bits per heavy atom. The van der Waals surface area contributed by atoms with Crippen molar-refractivity contribution in [2.45, 2.75) is 32.4 Å². The number of halogens is 1. The van der Waals surface area contributed by atoms with Gasteiger partial charge in [-0.1, -0.05) is 86.1 Å². The van der Waals surface area contributed by atoms with Gasteiger partial charge in [-0.15, -0.1) is 0 Å². The van der Waals surface area contributed by atoms with E-state index in [2.05, 4.69) is 91.4 Å². The monoisotopic (exact) mass is 418 g/mol. The second-order valence-electron chi connectivity index (χ2n) is 8.70. The van der Waals surface area contributed by atoms with Crippen molar-refractivity contribution < 1.29 is 0 Å². The summed E-state index contributed by atoms with van der Waals surface area (Å²) in [6.07, 6.45) is 0. The topological polar surface area (TPSA) is 6.48 Å². The summed E-state index contributed by atoms with van der Waals surface area (Å²) in [6.45, 7) is 8.69. The van der Waals surface area contributed by atoms with E-state index in [1.165, 1.54) is 27.8 Å². The van der Waals surface area contributed by atoms with Gasteiger partial charge in [-0.05, 0) is 52.9 Å². The third-order valence-corrected chi connectivity index (χ3v) is 6.46. The Bertz CT molecular complexity index is 980. The highest BCUT2D eigenvalue weighted by Gasteiger charge is 2.27. The van der Waals surface area contributed by atoms with Gasteiger partial charge >= 0.3 is 0 Å². The summed E-state index contributed by atoms with van der Waals surface area (Å²) in [6, 6.07) is 26.5. The molecule has 1 atom stereocenters.